The highest BCUT2D eigenvalue weighted by Crippen LogP contribution is 2.20. The van der Waals surface area contributed by atoms with Crippen molar-refractivity contribution in [3.05, 3.63) is 71.0 Å². The number of carbonyl (C=O) groups excluding carboxylic acids is 1. The van der Waals surface area contributed by atoms with E-state index in [9.17, 15) is 9.18 Å². The topological polar surface area (TPSA) is 47.9 Å². The summed E-state index contributed by atoms with van der Waals surface area (Å²) in [6, 6.07) is 13.5. The molecular formula is C18H14FNO3. The average molecular weight is 311 g/mol. The number of hydrogen-bond donors (Lipinski definition) is 0. The highest BCUT2D eigenvalue weighted by atomic mass is 19.1. The molecule has 0 bridgehead atoms. The zero-order chi connectivity index (χ0) is 16.2. The van der Waals surface area contributed by atoms with E-state index < -0.39 is 5.97 Å². The van der Waals surface area contributed by atoms with Gasteiger partial charge < -0.3 is 9.57 Å². The minimum Gasteiger partial charge on any atom is -0.489 e. The molecule has 0 atom stereocenters. The van der Waals surface area contributed by atoms with Gasteiger partial charge in [0.2, 0.25) is 0 Å². The number of ether oxygens (including phenoxy) is 1. The van der Waals surface area contributed by atoms with Crippen LogP contribution in [0.5, 0.6) is 5.75 Å². The van der Waals surface area contributed by atoms with Crippen molar-refractivity contribution in [2.75, 3.05) is 0 Å². The molecule has 0 N–H and O–H groups in total. The number of halogens is 1. The Morgan fingerprint density at radius 1 is 1.22 bits per heavy atom. The predicted molar refractivity (Wildman–Crippen MR) is 84.4 cm³/mol. The Morgan fingerprint density at radius 3 is 2.78 bits per heavy atom. The summed E-state index contributed by atoms with van der Waals surface area (Å²) in [5.74, 6) is -0.128. The molecule has 1 aliphatic heterocycles. The number of carbonyl (C=O) groups is 1. The summed E-state index contributed by atoms with van der Waals surface area (Å²) < 4.78 is 18.8. The summed E-state index contributed by atoms with van der Waals surface area (Å²) in [4.78, 5) is 16.2. The Kier molecular flexibility index (Phi) is 4.19. The van der Waals surface area contributed by atoms with E-state index in [-0.39, 0.29) is 12.4 Å². The fourth-order valence-corrected chi connectivity index (χ4v) is 2.17. The normalized spacial score (nSPS) is 15.5. The fourth-order valence-electron chi connectivity index (χ4n) is 2.17. The summed E-state index contributed by atoms with van der Waals surface area (Å²) in [6.07, 6.45) is 1.70. The van der Waals surface area contributed by atoms with Crippen LogP contribution in [0.3, 0.4) is 0 Å². The van der Waals surface area contributed by atoms with Crippen LogP contribution in [0.15, 0.2) is 59.3 Å². The summed E-state index contributed by atoms with van der Waals surface area (Å²) >= 11 is 0. The van der Waals surface area contributed by atoms with Crippen molar-refractivity contribution in [1.82, 2.24) is 0 Å². The average Bonchev–Trinajstić information content (AvgIpc) is 2.85. The Hall–Kier alpha value is -2.95. The lowest BCUT2D eigenvalue weighted by molar-refractivity contribution is -0.136. The van der Waals surface area contributed by atoms with Crippen molar-refractivity contribution in [3.63, 3.8) is 0 Å². The molecule has 0 aliphatic carbocycles. The molecule has 0 saturated heterocycles. The van der Waals surface area contributed by atoms with Gasteiger partial charge in [-0.25, -0.2) is 9.18 Å². The first-order valence-electron chi connectivity index (χ1n) is 7.07. The van der Waals surface area contributed by atoms with E-state index in [0.29, 0.717) is 17.0 Å². The highest BCUT2D eigenvalue weighted by Gasteiger charge is 2.21. The van der Waals surface area contributed by atoms with Crippen molar-refractivity contribution in [1.29, 1.82) is 0 Å². The quantitative estimate of drug-likeness (QED) is 0.638. The van der Waals surface area contributed by atoms with Crippen LogP contribution in [0.25, 0.3) is 6.08 Å². The van der Waals surface area contributed by atoms with E-state index in [4.69, 9.17) is 4.74 Å². The third-order valence-electron chi connectivity index (χ3n) is 3.34. The molecule has 2 aromatic carbocycles. The molecule has 5 heteroatoms. The molecule has 4 nitrogen and oxygen atoms in total. The molecule has 0 radical (unpaired) electrons. The number of hydrogen-bond acceptors (Lipinski definition) is 4. The second kappa shape index (κ2) is 6.44. The van der Waals surface area contributed by atoms with Crippen LogP contribution in [0.4, 0.5) is 4.39 Å². The minimum atomic E-state index is -0.464. The van der Waals surface area contributed by atoms with Gasteiger partial charge in [0.15, 0.2) is 0 Å². The lowest BCUT2D eigenvalue weighted by Gasteiger charge is -2.07. The third-order valence-corrected chi connectivity index (χ3v) is 3.34. The van der Waals surface area contributed by atoms with E-state index in [0.717, 1.165) is 11.1 Å². The maximum atomic E-state index is 13.1. The SMILES string of the molecule is CC1=NOC(=O)/C1=C/c1cccc(OCc2cccc(F)c2)c1. The molecule has 2 aromatic rings. The predicted octanol–water partition coefficient (Wildman–Crippen LogP) is 3.72. The molecule has 116 valence electrons. The van der Waals surface area contributed by atoms with Gasteiger partial charge in [0, 0.05) is 0 Å². The van der Waals surface area contributed by atoms with Crippen molar-refractivity contribution in [3.8, 4) is 5.75 Å². The second-order valence-electron chi connectivity index (χ2n) is 5.10. The molecule has 0 spiro atoms. The van der Waals surface area contributed by atoms with Gasteiger partial charge in [-0.05, 0) is 48.4 Å². The van der Waals surface area contributed by atoms with Crippen LogP contribution in [-0.2, 0) is 16.2 Å². The molecule has 0 aromatic heterocycles. The van der Waals surface area contributed by atoms with Crippen LogP contribution >= 0.6 is 0 Å². The zero-order valence-electron chi connectivity index (χ0n) is 12.5. The molecule has 1 heterocycles. The second-order valence-corrected chi connectivity index (χ2v) is 5.10. The Labute approximate surface area is 132 Å². The van der Waals surface area contributed by atoms with E-state index in [1.54, 1.807) is 37.3 Å². The van der Waals surface area contributed by atoms with E-state index in [1.807, 2.05) is 12.1 Å². The number of rotatable bonds is 4. The van der Waals surface area contributed by atoms with Crippen molar-refractivity contribution in [2.45, 2.75) is 13.5 Å². The Bertz CT molecular complexity index is 811. The van der Waals surface area contributed by atoms with Gasteiger partial charge in [-0.1, -0.05) is 29.4 Å². The summed E-state index contributed by atoms with van der Waals surface area (Å²) in [6.45, 7) is 1.97. The number of nitrogens with zero attached hydrogens (tertiary/aromatic N) is 1. The summed E-state index contributed by atoms with van der Waals surface area (Å²) in [5.41, 5.74) is 2.51. The number of oxime groups is 1. The molecule has 0 unspecified atom stereocenters. The summed E-state index contributed by atoms with van der Waals surface area (Å²) in [7, 11) is 0. The summed E-state index contributed by atoms with van der Waals surface area (Å²) in [5, 5.41) is 3.63. The highest BCUT2D eigenvalue weighted by molar-refractivity contribution is 6.24. The van der Waals surface area contributed by atoms with Crippen LogP contribution in [0.1, 0.15) is 18.1 Å². The van der Waals surface area contributed by atoms with Gasteiger partial charge in [0.05, 0.1) is 11.3 Å². The van der Waals surface area contributed by atoms with Gasteiger partial charge in [-0.3, -0.25) is 0 Å². The minimum absolute atomic E-state index is 0.264. The number of benzene rings is 2. The first-order chi connectivity index (χ1) is 11.1. The fraction of sp³-hybridized carbons (Fsp3) is 0.111. The Morgan fingerprint density at radius 2 is 2.04 bits per heavy atom. The van der Waals surface area contributed by atoms with Crippen LogP contribution < -0.4 is 4.74 Å². The van der Waals surface area contributed by atoms with E-state index in [2.05, 4.69) is 9.99 Å². The van der Waals surface area contributed by atoms with Crippen molar-refractivity contribution < 1.29 is 18.8 Å². The lowest BCUT2D eigenvalue weighted by Crippen LogP contribution is -2.01. The Balaban J connectivity index is 1.74. The molecule has 23 heavy (non-hydrogen) atoms. The molecule has 3 rings (SSSR count). The van der Waals surface area contributed by atoms with E-state index >= 15 is 0 Å². The molecular weight excluding hydrogens is 297 g/mol. The van der Waals surface area contributed by atoms with Crippen LogP contribution in [0, 0.1) is 5.82 Å². The largest absolute Gasteiger partial charge is 0.489 e. The van der Waals surface area contributed by atoms with Crippen molar-refractivity contribution in [2.24, 2.45) is 5.16 Å². The van der Waals surface area contributed by atoms with E-state index in [1.165, 1.54) is 12.1 Å². The molecule has 0 fully saturated rings. The maximum absolute atomic E-state index is 13.1. The van der Waals surface area contributed by atoms with Crippen LogP contribution in [0.2, 0.25) is 0 Å². The first-order valence-corrected chi connectivity index (χ1v) is 7.07. The molecule has 0 saturated carbocycles. The maximum Gasteiger partial charge on any atom is 0.367 e. The standard InChI is InChI=1S/C18H14FNO3/c1-12-17(18(21)23-20-12)10-13-4-3-7-16(9-13)22-11-14-5-2-6-15(19)8-14/h2-10H,11H2,1H3/b17-10+. The van der Waals surface area contributed by atoms with Gasteiger partial charge in [0.1, 0.15) is 18.2 Å². The van der Waals surface area contributed by atoms with Gasteiger partial charge in [-0.15, -0.1) is 0 Å². The molecule has 1 aliphatic rings. The van der Waals surface area contributed by atoms with Crippen molar-refractivity contribution >= 4 is 17.8 Å². The molecule has 0 amide bonds. The smallest absolute Gasteiger partial charge is 0.367 e. The lowest BCUT2D eigenvalue weighted by atomic mass is 10.1. The van der Waals surface area contributed by atoms with Crippen LogP contribution in [-0.4, -0.2) is 11.7 Å². The van der Waals surface area contributed by atoms with Gasteiger partial charge in [-0.2, -0.15) is 0 Å². The third kappa shape index (κ3) is 3.63. The van der Waals surface area contributed by atoms with Gasteiger partial charge in [0.25, 0.3) is 0 Å². The monoisotopic (exact) mass is 311 g/mol. The van der Waals surface area contributed by atoms with Gasteiger partial charge >= 0.3 is 5.97 Å². The zero-order valence-corrected chi connectivity index (χ0v) is 12.5. The first kappa shape index (κ1) is 15.0.